The molecule has 0 aromatic carbocycles. The van der Waals surface area contributed by atoms with E-state index < -0.39 is 5.97 Å². The van der Waals surface area contributed by atoms with Crippen LogP contribution in [0.3, 0.4) is 0 Å². The van der Waals surface area contributed by atoms with Crippen molar-refractivity contribution in [3.63, 3.8) is 0 Å². The van der Waals surface area contributed by atoms with Gasteiger partial charge in [-0.3, -0.25) is 9.69 Å². The zero-order chi connectivity index (χ0) is 13.8. The van der Waals surface area contributed by atoms with E-state index in [2.05, 4.69) is 9.88 Å². The Balaban J connectivity index is 1.77. The summed E-state index contributed by atoms with van der Waals surface area (Å²) in [7, 11) is 1.92. The number of carboxylic acid groups (broad SMARTS) is 1. The van der Waals surface area contributed by atoms with E-state index in [1.807, 2.05) is 11.6 Å². The van der Waals surface area contributed by atoms with Gasteiger partial charge < -0.3 is 9.67 Å². The van der Waals surface area contributed by atoms with E-state index in [-0.39, 0.29) is 0 Å². The van der Waals surface area contributed by atoms with E-state index in [4.69, 9.17) is 16.7 Å². The fourth-order valence-corrected chi connectivity index (χ4v) is 2.68. The molecule has 1 aromatic heterocycles. The summed E-state index contributed by atoms with van der Waals surface area (Å²) in [4.78, 5) is 17.2. The number of halogens is 1. The first kappa shape index (κ1) is 14.3. The highest BCUT2D eigenvalue weighted by Crippen LogP contribution is 2.23. The average Bonchev–Trinajstić information content (AvgIpc) is 2.70. The lowest BCUT2D eigenvalue weighted by molar-refractivity contribution is -0.137. The van der Waals surface area contributed by atoms with Crippen molar-refractivity contribution in [2.75, 3.05) is 13.1 Å². The summed E-state index contributed by atoms with van der Waals surface area (Å²) in [5.74, 6) is 0.844. The van der Waals surface area contributed by atoms with Gasteiger partial charge in [0.25, 0.3) is 0 Å². The third-order valence-corrected chi connectivity index (χ3v) is 4.22. The molecule has 2 heterocycles. The quantitative estimate of drug-likeness (QED) is 0.901. The highest BCUT2D eigenvalue weighted by Gasteiger charge is 2.21. The number of hydrogen-bond acceptors (Lipinski definition) is 3. The molecule has 19 heavy (non-hydrogen) atoms. The highest BCUT2D eigenvalue weighted by atomic mass is 35.5. The second-order valence-corrected chi connectivity index (χ2v) is 5.60. The zero-order valence-electron chi connectivity index (χ0n) is 11.2. The summed E-state index contributed by atoms with van der Waals surface area (Å²) in [6.07, 6.45) is 4.92. The number of aliphatic carboxylic acids is 1. The van der Waals surface area contributed by atoms with Crippen molar-refractivity contribution in [1.29, 1.82) is 0 Å². The molecule has 1 saturated heterocycles. The molecule has 0 amide bonds. The van der Waals surface area contributed by atoms with Gasteiger partial charge in [0.05, 0.1) is 12.7 Å². The van der Waals surface area contributed by atoms with Crippen LogP contribution in [0.5, 0.6) is 0 Å². The van der Waals surface area contributed by atoms with Gasteiger partial charge in [0, 0.05) is 13.5 Å². The van der Waals surface area contributed by atoms with Gasteiger partial charge in [-0.2, -0.15) is 0 Å². The van der Waals surface area contributed by atoms with Gasteiger partial charge in [0.15, 0.2) is 0 Å². The summed E-state index contributed by atoms with van der Waals surface area (Å²) in [5.41, 5.74) is 0. The Morgan fingerprint density at radius 1 is 1.53 bits per heavy atom. The molecule has 1 fully saturated rings. The van der Waals surface area contributed by atoms with Crippen LogP contribution in [0.25, 0.3) is 0 Å². The van der Waals surface area contributed by atoms with Crippen LogP contribution in [-0.2, 0) is 18.4 Å². The van der Waals surface area contributed by atoms with Gasteiger partial charge in [-0.15, -0.1) is 0 Å². The second kappa shape index (κ2) is 6.39. The molecule has 1 N–H and O–H groups in total. The summed E-state index contributed by atoms with van der Waals surface area (Å²) in [6, 6.07) is 0. The minimum absolute atomic E-state index is 0.291. The van der Waals surface area contributed by atoms with Gasteiger partial charge in [-0.05, 0) is 38.3 Å². The van der Waals surface area contributed by atoms with E-state index in [1.54, 1.807) is 6.20 Å². The third kappa shape index (κ3) is 3.94. The van der Waals surface area contributed by atoms with Crippen LogP contribution in [0.15, 0.2) is 6.20 Å². The lowest BCUT2D eigenvalue weighted by atomic mass is 9.92. The Bertz CT molecular complexity index is 439. The van der Waals surface area contributed by atoms with Crippen LogP contribution in [0.4, 0.5) is 0 Å². The zero-order valence-corrected chi connectivity index (χ0v) is 11.9. The molecule has 1 aliphatic heterocycles. The van der Waals surface area contributed by atoms with Crippen molar-refractivity contribution in [3.05, 3.63) is 17.2 Å². The number of likely N-dealkylation sites (tertiary alicyclic amines) is 1. The standard InChI is InChI=1S/C13H20ClN3O2/c1-16-11(14)8-15-12(16)9-17-6-4-10(5-7-17)2-3-13(18)19/h8,10H,2-7,9H2,1H3,(H,18,19). The fourth-order valence-electron chi connectivity index (χ4n) is 2.53. The molecule has 6 heteroatoms. The lowest BCUT2D eigenvalue weighted by Gasteiger charge is -2.31. The largest absolute Gasteiger partial charge is 0.481 e. The van der Waals surface area contributed by atoms with Crippen molar-refractivity contribution in [2.45, 2.75) is 32.2 Å². The van der Waals surface area contributed by atoms with Gasteiger partial charge in [0.2, 0.25) is 0 Å². The second-order valence-electron chi connectivity index (χ2n) is 5.21. The summed E-state index contributed by atoms with van der Waals surface area (Å²) in [5, 5.41) is 9.35. The van der Waals surface area contributed by atoms with E-state index in [0.717, 1.165) is 44.7 Å². The molecule has 0 bridgehead atoms. The van der Waals surface area contributed by atoms with Crippen LogP contribution < -0.4 is 0 Å². The molecule has 106 valence electrons. The molecule has 0 unspecified atom stereocenters. The molecule has 1 aliphatic rings. The Morgan fingerprint density at radius 2 is 2.21 bits per heavy atom. The summed E-state index contributed by atoms with van der Waals surface area (Å²) in [6.45, 7) is 2.83. The van der Waals surface area contributed by atoms with Gasteiger partial charge in [-0.1, -0.05) is 11.6 Å². The Hall–Kier alpha value is -1.07. The van der Waals surface area contributed by atoms with Crippen LogP contribution in [0.2, 0.25) is 5.15 Å². The van der Waals surface area contributed by atoms with Crippen molar-refractivity contribution < 1.29 is 9.90 Å². The molecule has 0 aliphatic carbocycles. The van der Waals surface area contributed by atoms with Crippen LogP contribution in [0, 0.1) is 5.92 Å². The number of carboxylic acids is 1. The number of aromatic nitrogens is 2. The van der Waals surface area contributed by atoms with E-state index in [1.165, 1.54) is 0 Å². The average molecular weight is 286 g/mol. The maximum atomic E-state index is 10.6. The number of piperidine rings is 1. The van der Waals surface area contributed by atoms with Crippen molar-refractivity contribution >= 4 is 17.6 Å². The fraction of sp³-hybridized carbons (Fsp3) is 0.692. The number of imidazole rings is 1. The maximum absolute atomic E-state index is 10.6. The van der Waals surface area contributed by atoms with Crippen LogP contribution in [-0.4, -0.2) is 38.6 Å². The lowest BCUT2D eigenvalue weighted by Crippen LogP contribution is -2.34. The molecule has 0 atom stereocenters. The SMILES string of the molecule is Cn1c(Cl)cnc1CN1CCC(CCC(=O)O)CC1. The van der Waals surface area contributed by atoms with Crippen LogP contribution >= 0.6 is 11.6 Å². The molecule has 2 rings (SSSR count). The van der Waals surface area contributed by atoms with Gasteiger partial charge in [-0.25, -0.2) is 4.98 Å². The first-order valence-electron chi connectivity index (χ1n) is 6.66. The minimum atomic E-state index is -0.690. The topological polar surface area (TPSA) is 58.4 Å². The first-order valence-corrected chi connectivity index (χ1v) is 7.04. The molecule has 0 spiro atoms. The summed E-state index contributed by atoms with van der Waals surface area (Å²) >= 11 is 5.97. The van der Waals surface area contributed by atoms with E-state index in [9.17, 15) is 4.79 Å². The molecule has 0 radical (unpaired) electrons. The maximum Gasteiger partial charge on any atom is 0.303 e. The predicted molar refractivity (Wildman–Crippen MR) is 73.1 cm³/mol. The minimum Gasteiger partial charge on any atom is -0.481 e. The normalized spacial score (nSPS) is 17.8. The Morgan fingerprint density at radius 3 is 2.74 bits per heavy atom. The number of nitrogens with zero attached hydrogens (tertiary/aromatic N) is 3. The Labute approximate surface area is 118 Å². The van der Waals surface area contributed by atoms with Gasteiger partial charge in [0.1, 0.15) is 11.0 Å². The molecule has 5 nitrogen and oxygen atoms in total. The van der Waals surface area contributed by atoms with Gasteiger partial charge >= 0.3 is 5.97 Å². The highest BCUT2D eigenvalue weighted by molar-refractivity contribution is 6.29. The summed E-state index contributed by atoms with van der Waals surface area (Å²) < 4.78 is 1.90. The molecular formula is C13H20ClN3O2. The van der Waals surface area contributed by atoms with E-state index in [0.29, 0.717) is 17.5 Å². The third-order valence-electron chi connectivity index (χ3n) is 3.87. The van der Waals surface area contributed by atoms with Crippen LogP contribution in [0.1, 0.15) is 31.5 Å². The van der Waals surface area contributed by atoms with Crippen molar-refractivity contribution in [1.82, 2.24) is 14.5 Å². The smallest absolute Gasteiger partial charge is 0.303 e. The number of hydrogen-bond donors (Lipinski definition) is 1. The number of rotatable bonds is 5. The van der Waals surface area contributed by atoms with Crippen molar-refractivity contribution in [2.24, 2.45) is 13.0 Å². The number of carbonyl (C=O) groups is 1. The molecule has 1 aromatic rings. The monoisotopic (exact) mass is 285 g/mol. The molecular weight excluding hydrogens is 266 g/mol. The van der Waals surface area contributed by atoms with Crippen molar-refractivity contribution in [3.8, 4) is 0 Å². The van der Waals surface area contributed by atoms with E-state index >= 15 is 0 Å². The molecule has 0 saturated carbocycles. The Kier molecular flexibility index (Phi) is 4.82. The predicted octanol–water partition coefficient (Wildman–Crippen LogP) is 2.15. The first-order chi connectivity index (χ1) is 9.06.